The van der Waals surface area contributed by atoms with Gasteiger partial charge in [-0.25, -0.2) is 13.8 Å². The first kappa shape index (κ1) is 11.0. The molecule has 0 aliphatic carbocycles. The number of halogens is 2. The first-order valence-electron chi connectivity index (χ1n) is 3.83. The minimum atomic E-state index is -2.59. The van der Waals surface area contributed by atoms with Crippen LogP contribution in [0.25, 0.3) is 0 Å². The summed E-state index contributed by atoms with van der Waals surface area (Å²) < 4.78 is 24.4. The molecule has 0 atom stereocenters. The molecule has 0 radical (unpaired) electrons. The molecule has 1 rings (SSSR count). The lowest BCUT2D eigenvalue weighted by Crippen LogP contribution is -2.28. The van der Waals surface area contributed by atoms with Gasteiger partial charge in [0.25, 0.3) is 6.43 Å². The van der Waals surface area contributed by atoms with Crippen LogP contribution in [0.3, 0.4) is 0 Å². The zero-order chi connectivity index (χ0) is 10.9. The van der Waals surface area contributed by atoms with E-state index in [1.807, 2.05) is 0 Å². The summed E-state index contributed by atoms with van der Waals surface area (Å²) in [6.07, 6.45) is -1.57. The van der Waals surface area contributed by atoms with Gasteiger partial charge in [-0.1, -0.05) is 0 Å². The van der Waals surface area contributed by atoms with Gasteiger partial charge in [-0.3, -0.25) is 4.79 Å². The van der Waals surface area contributed by atoms with Crippen molar-refractivity contribution in [3.8, 4) is 0 Å². The Morgan fingerprint density at radius 1 is 1.64 bits per heavy atom. The number of nitrogens with zero attached hydrogens (tertiary/aromatic N) is 1. The van der Waals surface area contributed by atoms with Crippen molar-refractivity contribution in [2.24, 2.45) is 0 Å². The van der Waals surface area contributed by atoms with Crippen molar-refractivity contribution in [1.82, 2.24) is 4.98 Å². The van der Waals surface area contributed by atoms with Gasteiger partial charge in [0.05, 0.1) is 4.88 Å². The lowest BCUT2D eigenvalue weighted by atomic mass is 9.95. The Hall–Kier alpha value is -1.04. The summed E-state index contributed by atoms with van der Waals surface area (Å²) in [6.45, 7) is 2.87. The van der Waals surface area contributed by atoms with Crippen molar-refractivity contribution in [1.29, 1.82) is 0 Å². The summed E-state index contributed by atoms with van der Waals surface area (Å²) in [4.78, 5) is 14.3. The molecule has 1 heterocycles. The number of alkyl halides is 2. The van der Waals surface area contributed by atoms with Crippen LogP contribution in [-0.2, 0) is 10.2 Å². The Morgan fingerprint density at radius 3 is 2.57 bits per heavy atom. The second-order valence-corrected chi connectivity index (χ2v) is 4.36. The topological polar surface area (TPSA) is 50.2 Å². The number of aromatic nitrogens is 1. The van der Waals surface area contributed by atoms with E-state index in [-0.39, 0.29) is 9.88 Å². The van der Waals surface area contributed by atoms with E-state index < -0.39 is 17.8 Å². The molecule has 0 aromatic carbocycles. The van der Waals surface area contributed by atoms with Crippen LogP contribution in [0.5, 0.6) is 0 Å². The molecule has 0 aliphatic rings. The van der Waals surface area contributed by atoms with Crippen molar-refractivity contribution in [3.63, 3.8) is 0 Å². The number of carboxylic acids is 1. The largest absolute Gasteiger partial charge is 0.481 e. The zero-order valence-electron chi connectivity index (χ0n) is 7.62. The Balaban J connectivity index is 3.03. The minimum Gasteiger partial charge on any atom is -0.481 e. The summed E-state index contributed by atoms with van der Waals surface area (Å²) >= 11 is 0.734. The van der Waals surface area contributed by atoms with Crippen LogP contribution >= 0.6 is 11.3 Å². The van der Waals surface area contributed by atoms with Gasteiger partial charge in [0.2, 0.25) is 0 Å². The molecular weight excluding hydrogens is 212 g/mol. The van der Waals surface area contributed by atoms with E-state index in [9.17, 15) is 13.6 Å². The first-order valence-corrected chi connectivity index (χ1v) is 4.65. The number of aliphatic carboxylic acids is 1. The van der Waals surface area contributed by atoms with Gasteiger partial charge in [-0.15, -0.1) is 11.3 Å². The van der Waals surface area contributed by atoms with E-state index >= 15 is 0 Å². The molecule has 0 bridgehead atoms. The van der Waals surface area contributed by atoms with E-state index in [0.29, 0.717) is 0 Å². The Morgan fingerprint density at radius 2 is 2.21 bits per heavy atom. The number of thiazole rings is 1. The molecule has 1 N–H and O–H groups in total. The number of carbonyl (C=O) groups is 1. The van der Waals surface area contributed by atoms with E-state index in [1.54, 1.807) is 0 Å². The second kappa shape index (κ2) is 3.61. The number of hydrogen-bond donors (Lipinski definition) is 1. The predicted molar refractivity (Wildman–Crippen MR) is 47.7 cm³/mol. The molecule has 6 heteroatoms. The minimum absolute atomic E-state index is 0.195. The monoisotopic (exact) mass is 221 g/mol. The lowest BCUT2D eigenvalue weighted by Gasteiger charge is -2.14. The van der Waals surface area contributed by atoms with Crippen LogP contribution in [0.2, 0.25) is 0 Å². The SMILES string of the molecule is CC(C)(C(=O)O)c1ncc(C(F)F)s1. The van der Waals surface area contributed by atoms with E-state index in [1.165, 1.54) is 13.8 Å². The molecule has 0 saturated carbocycles. The molecule has 14 heavy (non-hydrogen) atoms. The number of rotatable bonds is 3. The Labute approximate surface area is 83.4 Å². The van der Waals surface area contributed by atoms with Crippen LogP contribution < -0.4 is 0 Å². The summed E-state index contributed by atoms with van der Waals surface area (Å²) in [5.41, 5.74) is -1.21. The van der Waals surface area contributed by atoms with Gasteiger partial charge in [0, 0.05) is 6.20 Å². The Bertz CT molecular complexity index is 349. The van der Waals surface area contributed by atoms with Gasteiger partial charge in [-0.2, -0.15) is 0 Å². The zero-order valence-corrected chi connectivity index (χ0v) is 8.44. The third kappa shape index (κ3) is 1.89. The molecule has 0 saturated heterocycles. The fourth-order valence-electron chi connectivity index (χ4n) is 0.768. The standard InChI is InChI=1S/C8H9F2NO2S/c1-8(2,7(12)13)6-11-3-4(14-6)5(9)10/h3,5H,1-2H3,(H,12,13). The molecule has 78 valence electrons. The maximum atomic E-state index is 12.2. The molecule has 0 aliphatic heterocycles. The van der Waals surface area contributed by atoms with E-state index in [4.69, 9.17) is 5.11 Å². The van der Waals surface area contributed by atoms with Gasteiger partial charge in [0.1, 0.15) is 10.4 Å². The average molecular weight is 221 g/mol. The fraction of sp³-hybridized carbons (Fsp3) is 0.500. The van der Waals surface area contributed by atoms with Crippen LogP contribution in [-0.4, -0.2) is 16.1 Å². The highest BCUT2D eigenvalue weighted by molar-refractivity contribution is 7.11. The van der Waals surface area contributed by atoms with Gasteiger partial charge in [-0.05, 0) is 13.8 Å². The third-order valence-corrected chi connectivity index (χ3v) is 3.14. The van der Waals surface area contributed by atoms with Gasteiger partial charge >= 0.3 is 5.97 Å². The molecule has 0 fully saturated rings. The summed E-state index contributed by atoms with van der Waals surface area (Å²) in [5.74, 6) is -1.08. The normalized spacial score (nSPS) is 12.1. The highest BCUT2D eigenvalue weighted by Crippen LogP contribution is 2.32. The van der Waals surface area contributed by atoms with Crippen molar-refractivity contribution in [2.45, 2.75) is 25.7 Å². The van der Waals surface area contributed by atoms with Crippen LogP contribution in [0, 0.1) is 0 Å². The molecule has 1 aromatic heterocycles. The fourth-order valence-corrected chi connectivity index (χ4v) is 1.63. The maximum absolute atomic E-state index is 12.2. The van der Waals surface area contributed by atoms with Crippen LogP contribution in [0.4, 0.5) is 8.78 Å². The quantitative estimate of drug-likeness (QED) is 0.852. The molecule has 0 unspecified atom stereocenters. The lowest BCUT2D eigenvalue weighted by molar-refractivity contribution is -0.142. The average Bonchev–Trinajstić information content (AvgIpc) is 2.51. The Kier molecular flexibility index (Phi) is 2.84. The van der Waals surface area contributed by atoms with Crippen molar-refractivity contribution in [2.75, 3.05) is 0 Å². The highest BCUT2D eigenvalue weighted by atomic mass is 32.1. The van der Waals surface area contributed by atoms with Crippen LogP contribution in [0.15, 0.2) is 6.20 Å². The molecule has 0 amide bonds. The highest BCUT2D eigenvalue weighted by Gasteiger charge is 2.33. The number of hydrogen-bond acceptors (Lipinski definition) is 3. The summed E-state index contributed by atoms with van der Waals surface area (Å²) in [6, 6.07) is 0. The van der Waals surface area contributed by atoms with Crippen molar-refractivity contribution >= 4 is 17.3 Å². The van der Waals surface area contributed by atoms with Crippen LogP contribution in [0.1, 0.15) is 30.2 Å². The third-order valence-electron chi connectivity index (χ3n) is 1.81. The first-order chi connectivity index (χ1) is 6.35. The smallest absolute Gasteiger partial charge is 0.316 e. The van der Waals surface area contributed by atoms with Gasteiger partial charge in [0.15, 0.2) is 0 Å². The van der Waals surface area contributed by atoms with Gasteiger partial charge < -0.3 is 5.11 Å². The molecular formula is C8H9F2NO2S. The molecule has 3 nitrogen and oxygen atoms in total. The molecule has 1 aromatic rings. The summed E-state index contributed by atoms with van der Waals surface area (Å²) in [5, 5.41) is 9.02. The predicted octanol–water partition coefficient (Wildman–Crippen LogP) is 2.44. The summed E-state index contributed by atoms with van der Waals surface area (Å²) in [7, 11) is 0. The number of carboxylic acid groups (broad SMARTS) is 1. The van der Waals surface area contributed by atoms with E-state index in [2.05, 4.69) is 4.98 Å². The van der Waals surface area contributed by atoms with Crippen molar-refractivity contribution in [3.05, 3.63) is 16.1 Å². The van der Waals surface area contributed by atoms with Crippen molar-refractivity contribution < 1.29 is 18.7 Å². The maximum Gasteiger partial charge on any atom is 0.316 e. The molecule has 0 spiro atoms. The second-order valence-electron chi connectivity index (χ2n) is 3.30. The van der Waals surface area contributed by atoms with E-state index in [0.717, 1.165) is 17.5 Å².